The zero-order valence-electron chi connectivity index (χ0n) is 21.6. The maximum Gasteiger partial charge on any atom is 0.265 e. The zero-order valence-corrected chi connectivity index (χ0v) is 21.6. The van der Waals surface area contributed by atoms with Crippen LogP contribution >= 0.6 is 0 Å². The summed E-state index contributed by atoms with van der Waals surface area (Å²) < 4.78 is 20.4. The lowest BCUT2D eigenvalue weighted by Gasteiger charge is -2.32. The van der Waals surface area contributed by atoms with Gasteiger partial charge in [-0.15, -0.1) is 0 Å². The number of nitrogens with zero attached hydrogens (tertiary/aromatic N) is 2. The summed E-state index contributed by atoms with van der Waals surface area (Å²) in [4.78, 5) is 33.7. The highest BCUT2D eigenvalue weighted by Crippen LogP contribution is 2.45. The summed E-state index contributed by atoms with van der Waals surface area (Å²) in [5.41, 5.74) is 3.29. The van der Waals surface area contributed by atoms with E-state index < -0.39 is 11.8 Å². The Hall–Kier alpha value is -4.32. The number of amides is 2. The summed E-state index contributed by atoms with van der Waals surface area (Å²) in [6, 6.07) is 19.6. The van der Waals surface area contributed by atoms with Crippen molar-refractivity contribution in [3.05, 3.63) is 113 Å². The predicted molar refractivity (Wildman–Crippen MR) is 149 cm³/mol. The van der Waals surface area contributed by atoms with Crippen LogP contribution in [0, 0.1) is 11.7 Å². The van der Waals surface area contributed by atoms with Crippen molar-refractivity contribution in [1.82, 2.24) is 9.88 Å². The molecule has 1 atom stereocenters. The monoisotopic (exact) mass is 520 g/mol. The number of imide groups is 1. The van der Waals surface area contributed by atoms with E-state index in [0.29, 0.717) is 27.8 Å². The van der Waals surface area contributed by atoms with Crippen LogP contribution in [0.5, 0.6) is 5.75 Å². The molecule has 6 rings (SSSR count). The summed E-state index contributed by atoms with van der Waals surface area (Å²) >= 11 is 0. The van der Waals surface area contributed by atoms with Gasteiger partial charge in [-0.2, -0.15) is 0 Å². The highest BCUT2D eigenvalue weighted by molar-refractivity contribution is 6.27. The maximum absolute atomic E-state index is 14.0. The molecule has 196 valence electrons. The summed E-state index contributed by atoms with van der Waals surface area (Å²) in [5.74, 6) is -0.625. The number of halogens is 1. The van der Waals surface area contributed by atoms with E-state index in [4.69, 9.17) is 4.74 Å². The molecule has 5 nitrogen and oxygen atoms in total. The first-order valence-electron chi connectivity index (χ1n) is 13.5. The molecule has 4 aromatic rings. The van der Waals surface area contributed by atoms with Gasteiger partial charge < -0.3 is 4.74 Å². The second kappa shape index (κ2) is 10.4. The fourth-order valence-corrected chi connectivity index (χ4v) is 5.98. The molecule has 0 N–H and O–H groups in total. The SMILES string of the molecule is C=Cc1c2c(c(OC(c3ccccc3)C3CCCCC3)c3ncccc13)C(=O)N(Cc1ccc(F)cc1)C2=O. The quantitative estimate of drug-likeness (QED) is 0.237. The molecular formula is C33H29FN2O3. The standard InChI is InChI=1S/C33H29FN2O3/c1-2-25-26-14-9-19-35-29(26)31(39-30(22-10-5-3-6-11-22)23-12-7-4-8-13-23)28-27(25)32(37)36(33(28)38)20-21-15-17-24(34)18-16-21/h2-3,5-6,9-11,14-19,23,30H,1,4,7-8,12-13,20H2. The number of benzene rings is 3. The number of fused-ring (bicyclic) bond motifs is 2. The van der Waals surface area contributed by atoms with Crippen LogP contribution in [-0.4, -0.2) is 21.7 Å². The van der Waals surface area contributed by atoms with Crippen LogP contribution in [0.2, 0.25) is 0 Å². The molecule has 0 spiro atoms. The molecule has 1 aliphatic carbocycles. The highest BCUT2D eigenvalue weighted by Gasteiger charge is 2.42. The molecule has 1 fully saturated rings. The number of hydrogen-bond donors (Lipinski definition) is 0. The molecule has 2 heterocycles. The van der Waals surface area contributed by atoms with Gasteiger partial charge in [0.15, 0.2) is 5.75 Å². The molecule has 2 aliphatic rings. The van der Waals surface area contributed by atoms with Crippen molar-refractivity contribution in [3.8, 4) is 5.75 Å². The number of carbonyl (C=O) groups excluding carboxylic acids is 2. The Morgan fingerprint density at radius 3 is 2.38 bits per heavy atom. The van der Waals surface area contributed by atoms with Gasteiger partial charge in [0.05, 0.1) is 17.7 Å². The third-order valence-electron chi connectivity index (χ3n) is 7.89. The number of aromatic nitrogens is 1. The van der Waals surface area contributed by atoms with E-state index in [0.717, 1.165) is 31.2 Å². The average Bonchev–Trinajstić information content (AvgIpc) is 3.22. The van der Waals surface area contributed by atoms with Crippen LogP contribution in [0.1, 0.15) is 75.6 Å². The number of pyridine rings is 1. The first kappa shape index (κ1) is 25.0. The van der Waals surface area contributed by atoms with Crippen LogP contribution in [0.15, 0.2) is 79.5 Å². The van der Waals surface area contributed by atoms with E-state index >= 15 is 0 Å². The average molecular weight is 521 g/mol. The summed E-state index contributed by atoms with van der Waals surface area (Å²) in [7, 11) is 0. The van der Waals surface area contributed by atoms with Gasteiger partial charge in [0.25, 0.3) is 11.8 Å². The van der Waals surface area contributed by atoms with Crippen LogP contribution in [0.3, 0.4) is 0 Å². The second-order valence-electron chi connectivity index (χ2n) is 10.3. The summed E-state index contributed by atoms with van der Waals surface area (Å²) in [5, 5.41) is 0.710. The van der Waals surface area contributed by atoms with Crippen LogP contribution in [-0.2, 0) is 6.54 Å². The van der Waals surface area contributed by atoms with Crippen LogP contribution in [0.4, 0.5) is 4.39 Å². The van der Waals surface area contributed by atoms with E-state index in [9.17, 15) is 14.0 Å². The van der Waals surface area contributed by atoms with Gasteiger partial charge in [0, 0.05) is 17.5 Å². The first-order valence-corrected chi connectivity index (χ1v) is 13.5. The van der Waals surface area contributed by atoms with Crippen LogP contribution < -0.4 is 4.74 Å². The van der Waals surface area contributed by atoms with Crippen molar-refractivity contribution in [3.63, 3.8) is 0 Å². The minimum Gasteiger partial charge on any atom is -0.482 e. The van der Waals surface area contributed by atoms with Gasteiger partial charge in [-0.25, -0.2) is 4.39 Å². The highest BCUT2D eigenvalue weighted by atomic mass is 19.1. The Morgan fingerprint density at radius 2 is 1.67 bits per heavy atom. The van der Waals surface area contributed by atoms with Crippen molar-refractivity contribution in [1.29, 1.82) is 0 Å². The molecule has 1 unspecified atom stereocenters. The maximum atomic E-state index is 14.0. The second-order valence-corrected chi connectivity index (χ2v) is 10.3. The van der Waals surface area contributed by atoms with Gasteiger partial charge >= 0.3 is 0 Å². The molecule has 6 heteroatoms. The third kappa shape index (κ3) is 4.50. The molecule has 2 amide bonds. The van der Waals surface area contributed by atoms with Gasteiger partial charge in [0.2, 0.25) is 0 Å². The smallest absolute Gasteiger partial charge is 0.265 e. The van der Waals surface area contributed by atoms with E-state index in [1.54, 1.807) is 30.5 Å². The van der Waals surface area contributed by atoms with Crippen molar-refractivity contribution in [2.24, 2.45) is 5.92 Å². The number of rotatable bonds is 7. The van der Waals surface area contributed by atoms with Gasteiger partial charge in [0.1, 0.15) is 17.4 Å². The van der Waals surface area contributed by atoms with Crippen molar-refractivity contribution < 1.29 is 18.7 Å². The molecule has 0 saturated heterocycles. The predicted octanol–water partition coefficient (Wildman–Crippen LogP) is 7.51. The molecule has 39 heavy (non-hydrogen) atoms. The zero-order chi connectivity index (χ0) is 26.9. The van der Waals surface area contributed by atoms with E-state index in [1.807, 2.05) is 24.3 Å². The number of carbonyl (C=O) groups is 2. The summed E-state index contributed by atoms with van der Waals surface area (Å²) in [6.07, 6.45) is 8.52. The Labute approximate surface area is 226 Å². The fraction of sp³-hybridized carbons (Fsp3) is 0.242. The normalized spacial score (nSPS) is 16.4. The molecule has 1 saturated carbocycles. The van der Waals surface area contributed by atoms with E-state index in [-0.39, 0.29) is 35.5 Å². The van der Waals surface area contributed by atoms with Gasteiger partial charge in [-0.05, 0) is 47.7 Å². The molecule has 0 radical (unpaired) electrons. The first-order chi connectivity index (χ1) is 19.1. The molecule has 0 bridgehead atoms. The Kier molecular flexibility index (Phi) is 6.69. The van der Waals surface area contributed by atoms with Crippen molar-refractivity contribution >= 4 is 28.8 Å². The largest absolute Gasteiger partial charge is 0.482 e. The Morgan fingerprint density at radius 1 is 0.949 bits per heavy atom. The Balaban J connectivity index is 1.51. The third-order valence-corrected chi connectivity index (χ3v) is 7.89. The molecular weight excluding hydrogens is 491 g/mol. The minimum atomic E-state index is -0.444. The van der Waals surface area contributed by atoms with Gasteiger partial charge in [-0.1, -0.05) is 80.4 Å². The molecule has 1 aliphatic heterocycles. The van der Waals surface area contributed by atoms with Crippen molar-refractivity contribution in [2.75, 3.05) is 0 Å². The van der Waals surface area contributed by atoms with Crippen LogP contribution in [0.25, 0.3) is 17.0 Å². The fourth-order valence-electron chi connectivity index (χ4n) is 5.98. The van der Waals surface area contributed by atoms with Crippen molar-refractivity contribution in [2.45, 2.75) is 44.8 Å². The lowest BCUT2D eigenvalue weighted by molar-refractivity contribution is 0.0637. The minimum absolute atomic E-state index is 0.0250. The number of ether oxygens (including phenoxy) is 1. The summed E-state index contributed by atoms with van der Waals surface area (Å²) in [6.45, 7) is 3.98. The molecule has 1 aromatic heterocycles. The Bertz CT molecular complexity index is 1560. The van der Waals surface area contributed by atoms with E-state index in [2.05, 4.69) is 23.7 Å². The lowest BCUT2D eigenvalue weighted by Crippen LogP contribution is -2.29. The number of hydrogen-bond acceptors (Lipinski definition) is 4. The van der Waals surface area contributed by atoms with E-state index in [1.165, 1.54) is 23.5 Å². The van der Waals surface area contributed by atoms with Gasteiger partial charge in [-0.3, -0.25) is 19.5 Å². The lowest BCUT2D eigenvalue weighted by atomic mass is 9.82. The topological polar surface area (TPSA) is 59.5 Å². The molecule has 3 aromatic carbocycles.